The summed E-state index contributed by atoms with van der Waals surface area (Å²) < 4.78 is 26.1. The number of hydrogen-bond donors (Lipinski definition) is 0. The number of halogens is 2. The zero-order chi connectivity index (χ0) is 15.9. The third kappa shape index (κ3) is 2.20. The molecule has 1 aliphatic heterocycles. The fraction of sp³-hybridized carbons (Fsp3) is 0.0588. The van der Waals surface area contributed by atoms with Crippen LogP contribution in [0.15, 0.2) is 48.5 Å². The molecule has 0 saturated heterocycles. The quantitative estimate of drug-likeness (QED) is 0.800. The molecule has 0 spiro atoms. The van der Waals surface area contributed by atoms with Gasteiger partial charge in [0.2, 0.25) is 0 Å². The van der Waals surface area contributed by atoms with E-state index in [1.165, 1.54) is 55.6 Å². The summed E-state index contributed by atoms with van der Waals surface area (Å²) in [6.45, 7) is 0. The first-order valence-corrected chi connectivity index (χ1v) is 6.57. The molecule has 0 radical (unpaired) electrons. The summed E-state index contributed by atoms with van der Waals surface area (Å²) >= 11 is 0. The molecular formula is C17H11F2NO2. The van der Waals surface area contributed by atoms with Crippen molar-refractivity contribution >= 4 is 23.0 Å². The molecule has 22 heavy (non-hydrogen) atoms. The second kappa shape index (κ2) is 5.18. The topological polar surface area (TPSA) is 37.4 Å². The van der Waals surface area contributed by atoms with Crippen molar-refractivity contribution in [3.05, 3.63) is 71.3 Å². The maximum absolute atomic E-state index is 13.1. The molecule has 110 valence electrons. The van der Waals surface area contributed by atoms with Crippen molar-refractivity contribution < 1.29 is 18.4 Å². The third-order valence-electron chi connectivity index (χ3n) is 3.55. The molecular weight excluding hydrogens is 288 g/mol. The van der Waals surface area contributed by atoms with Gasteiger partial charge >= 0.3 is 0 Å². The molecule has 1 heterocycles. The van der Waals surface area contributed by atoms with Crippen molar-refractivity contribution in [1.82, 2.24) is 4.90 Å². The highest BCUT2D eigenvalue weighted by molar-refractivity contribution is 6.48. The van der Waals surface area contributed by atoms with Gasteiger partial charge in [0.15, 0.2) is 0 Å². The smallest absolute Gasteiger partial charge is 0.261 e. The number of likely N-dealkylation sites (N-methyl/N-ethyl adjacent to an activating group) is 1. The predicted molar refractivity (Wildman–Crippen MR) is 77.4 cm³/mol. The van der Waals surface area contributed by atoms with Gasteiger partial charge < -0.3 is 0 Å². The number of carbonyl (C=O) groups excluding carboxylic acids is 2. The van der Waals surface area contributed by atoms with E-state index in [4.69, 9.17) is 0 Å². The van der Waals surface area contributed by atoms with Gasteiger partial charge in [-0.1, -0.05) is 24.3 Å². The molecule has 2 aromatic carbocycles. The second-order valence-electron chi connectivity index (χ2n) is 4.93. The zero-order valence-electron chi connectivity index (χ0n) is 11.6. The van der Waals surface area contributed by atoms with E-state index in [1.807, 2.05) is 0 Å². The number of hydrogen-bond acceptors (Lipinski definition) is 2. The average molecular weight is 299 g/mol. The van der Waals surface area contributed by atoms with Crippen LogP contribution in [0.2, 0.25) is 0 Å². The molecule has 2 aromatic rings. The van der Waals surface area contributed by atoms with Crippen LogP contribution in [0.3, 0.4) is 0 Å². The molecule has 0 unspecified atom stereocenters. The lowest BCUT2D eigenvalue weighted by atomic mass is 9.96. The number of amides is 2. The maximum atomic E-state index is 13.1. The average Bonchev–Trinajstić information content (AvgIpc) is 2.74. The van der Waals surface area contributed by atoms with Gasteiger partial charge in [0.1, 0.15) is 11.6 Å². The van der Waals surface area contributed by atoms with E-state index < -0.39 is 23.4 Å². The van der Waals surface area contributed by atoms with Crippen molar-refractivity contribution in [2.75, 3.05) is 7.05 Å². The van der Waals surface area contributed by atoms with Crippen molar-refractivity contribution in [1.29, 1.82) is 0 Å². The molecule has 0 atom stereocenters. The first-order valence-electron chi connectivity index (χ1n) is 6.57. The fourth-order valence-corrected chi connectivity index (χ4v) is 2.41. The Morgan fingerprint density at radius 1 is 0.682 bits per heavy atom. The highest BCUT2D eigenvalue weighted by atomic mass is 19.1. The van der Waals surface area contributed by atoms with Crippen LogP contribution in [0.5, 0.6) is 0 Å². The van der Waals surface area contributed by atoms with Crippen molar-refractivity contribution in [2.45, 2.75) is 0 Å². The van der Waals surface area contributed by atoms with Crippen LogP contribution in [0, 0.1) is 11.6 Å². The molecule has 5 heteroatoms. The Kier molecular flexibility index (Phi) is 3.33. The van der Waals surface area contributed by atoms with E-state index in [-0.39, 0.29) is 11.1 Å². The van der Waals surface area contributed by atoms with E-state index >= 15 is 0 Å². The standard InChI is InChI=1S/C17H11F2NO2/c1-20-16(21)14(10-2-6-12(18)7-3-10)15(17(20)22)11-4-8-13(19)9-5-11/h2-9H,1H3. The first-order chi connectivity index (χ1) is 10.5. The van der Waals surface area contributed by atoms with Crippen LogP contribution < -0.4 is 0 Å². The molecule has 0 fully saturated rings. The molecule has 0 aliphatic carbocycles. The van der Waals surface area contributed by atoms with Gasteiger partial charge in [0.05, 0.1) is 11.1 Å². The van der Waals surface area contributed by atoms with Crippen LogP contribution in [0.1, 0.15) is 11.1 Å². The minimum Gasteiger partial charge on any atom is -0.277 e. The highest BCUT2D eigenvalue weighted by Crippen LogP contribution is 2.34. The van der Waals surface area contributed by atoms with E-state index in [0.29, 0.717) is 11.1 Å². The molecule has 0 aromatic heterocycles. The summed E-state index contributed by atoms with van der Waals surface area (Å²) in [5, 5.41) is 0. The van der Waals surface area contributed by atoms with Crippen molar-refractivity contribution in [3.63, 3.8) is 0 Å². The first kappa shape index (κ1) is 14.1. The molecule has 0 N–H and O–H groups in total. The summed E-state index contributed by atoms with van der Waals surface area (Å²) in [7, 11) is 1.38. The summed E-state index contributed by atoms with van der Waals surface area (Å²) in [6.07, 6.45) is 0. The van der Waals surface area contributed by atoms with Crippen LogP contribution in [-0.4, -0.2) is 23.8 Å². The lowest BCUT2D eigenvalue weighted by Gasteiger charge is -2.06. The predicted octanol–water partition coefficient (Wildman–Crippen LogP) is 2.87. The SMILES string of the molecule is CN1C(=O)C(c2ccc(F)cc2)=C(c2ccc(F)cc2)C1=O. The molecule has 0 bridgehead atoms. The van der Waals surface area contributed by atoms with Gasteiger partial charge in [-0.2, -0.15) is 0 Å². The second-order valence-corrected chi connectivity index (χ2v) is 4.93. The lowest BCUT2D eigenvalue weighted by Crippen LogP contribution is -2.26. The van der Waals surface area contributed by atoms with Gasteiger partial charge in [0, 0.05) is 7.05 Å². The third-order valence-corrected chi connectivity index (χ3v) is 3.55. The zero-order valence-corrected chi connectivity index (χ0v) is 11.6. The molecule has 3 rings (SSSR count). The van der Waals surface area contributed by atoms with Gasteiger partial charge in [-0.15, -0.1) is 0 Å². The summed E-state index contributed by atoms with van der Waals surface area (Å²) in [5.41, 5.74) is 1.28. The van der Waals surface area contributed by atoms with Crippen LogP contribution in [0.25, 0.3) is 11.1 Å². The maximum Gasteiger partial charge on any atom is 0.261 e. The van der Waals surface area contributed by atoms with Gasteiger partial charge in [-0.3, -0.25) is 14.5 Å². The van der Waals surface area contributed by atoms with Gasteiger partial charge in [-0.25, -0.2) is 8.78 Å². The summed E-state index contributed by atoms with van der Waals surface area (Å²) in [5.74, 6) is -1.79. The minimum absolute atomic E-state index is 0.194. The molecule has 1 aliphatic rings. The Labute approximate surface area is 125 Å². The van der Waals surface area contributed by atoms with Crippen LogP contribution in [0.4, 0.5) is 8.78 Å². The Bertz CT molecular complexity index is 725. The fourth-order valence-electron chi connectivity index (χ4n) is 2.41. The monoisotopic (exact) mass is 299 g/mol. The number of nitrogens with zero attached hydrogens (tertiary/aromatic N) is 1. The largest absolute Gasteiger partial charge is 0.277 e. The van der Waals surface area contributed by atoms with Crippen molar-refractivity contribution in [3.8, 4) is 0 Å². The van der Waals surface area contributed by atoms with Gasteiger partial charge in [-0.05, 0) is 35.4 Å². The minimum atomic E-state index is -0.462. The van der Waals surface area contributed by atoms with Gasteiger partial charge in [0.25, 0.3) is 11.8 Å². The van der Waals surface area contributed by atoms with E-state index in [9.17, 15) is 18.4 Å². The summed E-state index contributed by atoms with van der Waals surface area (Å²) in [4.78, 5) is 25.7. The molecule has 2 amide bonds. The molecule has 0 saturated carbocycles. The Morgan fingerprint density at radius 2 is 1.00 bits per heavy atom. The van der Waals surface area contributed by atoms with Crippen LogP contribution in [-0.2, 0) is 9.59 Å². The van der Waals surface area contributed by atoms with E-state index in [1.54, 1.807) is 0 Å². The number of imide groups is 1. The Morgan fingerprint density at radius 3 is 1.32 bits per heavy atom. The number of carbonyl (C=O) groups is 2. The molecule has 3 nitrogen and oxygen atoms in total. The highest BCUT2D eigenvalue weighted by Gasteiger charge is 2.37. The van der Waals surface area contributed by atoms with Crippen LogP contribution >= 0.6 is 0 Å². The Balaban J connectivity index is 2.22. The number of benzene rings is 2. The Hall–Kier alpha value is -2.82. The normalized spacial score (nSPS) is 15.0. The van der Waals surface area contributed by atoms with Crippen molar-refractivity contribution in [2.24, 2.45) is 0 Å². The summed E-state index contributed by atoms with van der Waals surface area (Å²) in [6, 6.07) is 10.7. The van der Waals surface area contributed by atoms with E-state index in [2.05, 4.69) is 0 Å². The number of rotatable bonds is 2. The lowest BCUT2D eigenvalue weighted by molar-refractivity contribution is -0.134. The van der Waals surface area contributed by atoms with E-state index in [0.717, 1.165) is 4.90 Å².